The van der Waals surface area contributed by atoms with Crippen molar-refractivity contribution in [1.82, 2.24) is 9.88 Å². The lowest BCUT2D eigenvalue weighted by atomic mass is 10.0. The van der Waals surface area contributed by atoms with E-state index in [1.54, 1.807) is 13.3 Å². The van der Waals surface area contributed by atoms with Crippen LogP contribution >= 0.6 is 0 Å². The molecule has 0 N–H and O–H groups in total. The number of aromatic nitrogens is 1. The Morgan fingerprint density at radius 3 is 2.75 bits per heavy atom. The highest BCUT2D eigenvalue weighted by Crippen LogP contribution is 2.24. The molecule has 2 heterocycles. The van der Waals surface area contributed by atoms with Crippen LogP contribution in [-0.4, -0.2) is 54.3 Å². The van der Waals surface area contributed by atoms with Crippen LogP contribution in [0.15, 0.2) is 41.3 Å². The van der Waals surface area contributed by atoms with Gasteiger partial charge in [0, 0.05) is 31.3 Å². The van der Waals surface area contributed by atoms with Gasteiger partial charge in [-0.1, -0.05) is 12.1 Å². The van der Waals surface area contributed by atoms with Gasteiger partial charge in [0.1, 0.15) is 0 Å². The minimum Gasteiger partial charge on any atom is -0.444 e. The zero-order valence-corrected chi connectivity index (χ0v) is 14.2. The molecule has 1 amide bonds. The molecule has 0 saturated carbocycles. The molecule has 24 heavy (non-hydrogen) atoms. The van der Waals surface area contributed by atoms with Crippen LogP contribution in [0.2, 0.25) is 0 Å². The molecule has 6 nitrogen and oxygen atoms in total. The van der Waals surface area contributed by atoms with E-state index >= 15 is 0 Å². The van der Waals surface area contributed by atoms with Gasteiger partial charge in [-0.2, -0.15) is 0 Å². The summed E-state index contributed by atoms with van der Waals surface area (Å²) in [7, 11) is 1.64. The first-order valence-electron chi connectivity index (χ1n) is 7.93. The number of benzene rings is 1. The van der Waals surface area contributed by atoms with Crippen molar-refractivity contribution in [3.8, 4) is 11.3 Å². The van der Waals surface area contributed by atoms with E-state index in [1.807, 2.05) is 43.0 Å². The van der Waals surface area contributed by atoms with E-state index in [-0.39, 0.29) is 12.0 Å². The topological polar surface area (TPSA) is 64.8 Å². The third-order valence-electron chi connectivity index (χ3n) is 3.97. The predicted molar refractivity (Wildman–Crippen MR) is 88.7 cm³/mol. The van der Waals surface area contributed by atoms with Crippen LogP contribution in [0, 0.1) is 0 Å². The van der Waals surface area contributed by atoms with Crippen molar-refractivity contribution >= 4 is 5.91 Å². The first kappa shape index (κ1) is 16.7. The van der Waals surface area contributed by atoms with Crippen LogP contribution in [0.1, 0.15) is 24.2 Å². The molecule has 3 rings (SSSR count). The summed E-state index contributed by atoms with van der Waals surface area (Å²) >= 11 is 0. The summed E-state index contributed by atoms with van der Waals surface area (Å²) in [6.45, 7) is 5.53. The molecule has 6 heteroatoms. The van der Waals surface area contributed by atoms with Gasteiger partial charge in [-0.05, 0) is 26.0 Å². The summed E-state index contributed by atoms with van der Waals surface area (Å²) in [4.78, 5) is 18.6. The minimum atomic E-state index is -0.392. The second-order valence-electron chi connectivity index (χ2n) is 6.58. The van der Waals surface area contributed by atoms with Crippen molar-refractivity contribution in [3.63, 3.8) is 0 Å². The molecule has 0 radical (unpaired) electrons. The van der Waals surface area contributed by atoms with Gasteiger partial charge < -0.3 is 18.8 Å². The number of carbonyl (C=O) groups excluding carboxylic acids is 1. The van der Waals surface area contributed by atoms with Gasteiger partial charge >= 0.3 is 0 Å². The second-order valence-corrected chi connectivity index (χ2v) is 6.58. The number of morpholine rings is 1. The summed E-state index contributed by atoms with van der Waals surface area (Å²) in [5, 5.41) is 0. The molecule has 0 aliphatic carbocycles. The largest absolute Gasteiger partial charge is 0.444 e. The molecular formula is C18H22N2O4. The molecule has 1 aromatic heterocycles. The molecule has 1 atom stereocenters. The molecule has 0 bridgehead atoms. The van der Waals surface area contributed by atoms with Crippen molar-refractivity contribution in [2.75, 3.05) is 26.8 Å². The van der Waals surface area contributed by atoms with Gasteiger partial charge in [0.25, 0.3) is 5.91 Å². The first-order chi connectivity index (χ1) is 11.5. The number of rotatable bonds is 4. The zero-order valence-electron chi connectivity index (χ0n) is 14.2. The van der Waals surface area contributed by atoms with E-state index in [9.17, 15) is 4.79 Å². The van der Waals surface area contributed by atoms with E-state index in [4.69, 9.17) is 13.9 Å². The van der Waals surface area contributed by atoms with Crippen molar-refractivity contribution < 1.29 is 18.7 Å². The van der Waals surface area contributed by atoms with E-state index in [2.05, 4.69) is 4.98 Å². The van der Waals surface area contributed by atoms with Crippen LogP contribution in [0.5, 0.6) is 0 Å². The molecule has 1 aliphatic heterocycles. The van der Waals surface area contributed by atoms with Gasteiger partial charge in [0.05, 0.1) is 24.5 Å². The maximum Gasteiger partial charge on any atom is 0.254 e. The number of hydrogen-bond donors (Lipinski definition) is 0. The Bertz CT molecular complexity index is 680. The number of methoxy groups -OCH3 is 1. The van der Waals surface area contributed by atoms with E-state index < -0.39 is 5.60 Å². The number of carbonyl (C=O) groups is 1. The quantitative estimate of drug-likeness (QED) is 0.862. The molecule has 1 fully saturated rings. The molecule has 128 valence electrons. The van der Waals surface area contributed by atoms with Crippen LogP contribution in [0.3, 0.4) is 0 Å². The highest BCUT2D eigenvalue weighted by molar-refractivity contribution is 5.94. The molecule has 1 saturated heterocycles. The Labute approximate surface area is 141 Å². The first-order valence-corrected chi connectivity index (χ1v) is 7.93. The summed E-state index contributed by atoms with van der Waals surface area (Å²) in [5.41, 5.74) is 1.15. The van der Waals surface area contributed by atoms with Crippen molar-refractivity contribution in [1.29, 1.82) is 0 Å². The Morgan fingerprint density at radius 1 is 1.38 bits per heavy atom. The zero-order chi connectivity index (χ0) is 17.2. The molecular weight excluding hydrogens is 308 g/mol. The van der Waals surface area contributed by atoms with Crippen LogP contribution in [0.25, 0.3) is 11.3 Å². The lowest BCUT2D eigenvalue weighted by Crippen LogP contribution is -2.55. The number of ether oxygens (including phenoxy) is 2. The Morgan fingerprint density at radius 2 is 2.12 bits per heavy atom. The van der Waals surface area contributed by atoms with E-state index in [1.165, 1.54) is 6.39 Å². The number of hydrogen-bond acceptors (Lipinski definition) is 5. The molecule has 1 aliphatic rings. The Hall–Kier alpha value is -2.18. The fraction of sp³-hybridized carbons (Fsp3) is 0.444. The van der Waals surface area contributed by atoms with Gasteiger partial charge in [0.15, 0.2) is 12.2 Å². The highest BCUT2D eigenvalue weighted by atomic mass is 16.5. The lowest BCUT2D eigenvalue weighted by Gasteiger charge is -2.42. The van der Waals surface area contributed by atoms with Gasteiger partial charge in [-0.25, -0.2) is 4.98 Å². The average molecular weight is 330 g/mol. The smallest absolute Gasteiger partial charge is 0.254 e. The SMILES string of the molecule is COC[C@@H]1CN(C(=O)c2ccc(-c3cnco3)cc2)CC(C)(C)O1. The van der Waals surface area contributed by atoms with Crippen LogP contribution in [-0.2, 0) is 9.47 Å². The van der Waals surface area contributed by atoms with E-state index in [0.29, 0.717) is 31.0 Å². The summed E-state index contributed by atoms with van der Waals surface area (Å²) in [5.74, 6) is 0.679. The monoisotopic (exact) mass is 330 g/mol. The van der Waals surface area contributed by atoms with E-state index in [0.717, 1.165) is 5.56 Å². The third-order valence-corrected chi connectivity index (χ3v) is 3.97. The summed E-state index contributed by atoms with van der Waals surface area (Å²) in [6, 6.07) is 7.36. The van der Waals surface area contributed by atoms with Gasteiger partial charge in [-0.15, -0.1) is 0 Å². The number of oxazole rings is 1. The fourth-order valence-corrected chi connectivity index (χ4v) is 3.04. The summed E-state index contributed by atoms with van der Waals surface area (Å²) in [6.07, 6.45) is 2.92. The second kappa shape index (κ2) is 6.75. The maximum absolute atomic E-state index is 12.8. The van der Waals surface area contributed by atoms with Crippen molar-refractivity contribution in [2.24, 2.45) is 0 Å². The summed E-state index contributed by atoms with van der Waals surface area (Å²) < 4.78 is 16.4. The van der Waals surface area contributed by atoms with Gasteiger partial charge in [-0.3, -0.25) is 4.79 Å². The Kier molecular flexibility index (Phi) is 4.69. The number of nitrogens with zero attached hydrogens (tertiary/aromatic N) is 2. The predicted octanol–water partition coefficient (Wildman–Crippen LogP) is 2.61. The average Bonchev–Trinajstić information content (AvgIpc) is 3.07. The number of amides is 1. The van der Waals surface area contributed by atoms with Crippen LogP contribution < -0.4 is 0 Å². The normalized spacial score (nSPS) is 20.1. The van der Waals surface area contributed by atoms with Crippen molar-refractivity contribution in [3.05, 3.63) is 42.4 Å². The molecule has 1 aromatic carbocycles. The van der Waals surface area contributed by atoms with Gasteiger partial charge in [0.2, 0.25) is 0 Å². The maximum atomic E-state index is 12.8. The fourth-order valence-electron chi connectivity index (χ4n) is 3.04. The Balaban J connectivity index is 1.75. The highest BCUT2D eigenvalue weighted by Gasteiger charge is 2.35. The molecule has 2 aromatic rings. The van der Waals surface area contributed by atoms with Crippen LogP contribution in [0.4, 0.5) is 0 Å². The third kappa shape index (κ3) is 3.66. The minimum absolute atomic E-state index is 0.00315. The van der Waals surface area contributed by atoms with Crippen molar-refractivity contribution in [2.45, 2.75) is 25.6 Å². The lowest BCUT2D eigenvalue weighted by molar-refractivity contribution is -0.143. The molecule has 0 spiro atoms. The standard InChI is InChI=1S/C18H22N2O4/c1-18(2)11-20(9-15(24-18)10-22-3)17(21)14-6-4-13(5-7-14)16-8-19-12-23-16/h4-8,12,15H,9-11H2,1-3H3/t15-/m0/s1. The molecule has 0 unspecified atom stereocenters.